The molecular formula is C44H42ClF6N9O16S. The molecule has 0 aliphatic carbocycles. The van der Waals surface area contributed by atoms with Crippen LogP contribution in [0.15, 0.2) is 64.2 Å². The van der Waals surface area contributed by atoms with Crippen LogP contribution in [0.5, 0.6) is 5.75 Å². The van der Waals surface area contributed by atoms with E-state index in [0.29, 0.717) is 27.7 Å². The number of oxazole rings is 1. The van der Waals surface area contributed by atoms with E-state index in [4.69, 9.17) is 77.4 Å². The van der Waals surface area contributed by atoms with Crippen LogP contribution >= 0.6 is 23.4 Å². The second kappa shape index (κ2) is 29.4. The monoisotopic (exact) mass is 1130 g/mol. The lowest BCUT2D eigenvalue weighted by Crippen LogP contribution is -2.50. The number of aromatic nitrogens is 2. The highest BCUT2D eigenvalue weighted by molar-refractivity contribution is 7.98. The van der Waals surface area contributed by atoms with Crippen LogP contribution in [-0.4, -0.2) is 134 Å². The van der Waals surface area contributed by atoms with Crippen LogP contribution in [0.25, 0.3) is 22.6 Å². The van der Waals surface area contributed by atoms with E-state index in [2.05, 4.69) is 26.7 Å². The van der Waals surface area contributed by atoms with Crippen LogP contribution in [-0.2, 0) is 53.6 Å². The minimum absolute atomic E-state index is 0.0516. The van der Waals surface area contributed by atoms with E-state index in [9.17, 15) is 65.6 Å². The van der Waals surface area contributed by atoms with Gasteiger partial charge in [-0.2, -0.15) is 36.9 Å². The van der Waals surface area contributed by atoms with E-state index < -0.39 is 116 Å². The summed E-state index contributed by atoms with van der Waals surface area (Å²) in [5.74, 6) is -11.5. The van der Waals surface area contributed by atoms with Gasteiger partial charge in [0.1, 0.15) is 65.9 Å². The SMILES string of the molecule is C[C@H](NC(=O)[C@@H](N)CC(=O)O)C(=O)OC[C@H](COc1ccc(-c2c(C#N)c(N)nc(SCc3coc(-c4ccc(Cl)cc4)n3)c2C#N)cc1)OC(=O)[C@H](C)NC(=O)[C@@H](N)CC(=O)O.O=C(O)C(F)(F)F.O=C(O)C(F)(F)F. The predicted octanol–water partition coefficient (Wildman–Crippen LogP) is 3.39. The maximum absolute atomic E-state index is 13.0. The number of esters is 2. The van der Waals surface area contributed by atoms with Gasteiger partial charge in [-0.05, 0) is 55.8 Å². The number of nitrogens with two attached hydrogens (primary N) is 3. The van der Waals surface area contributed by atoms with E-state index in [1.807, 2.05) is 6.07 Å². The quantitative estimate of drug-likeness (QED) is 0.0328. The molecule has 4 aromatic rings. The number of amides is 2. The molecule has 33 heteroatoms. The molecule has 25 nitrogen and oxygen atoms in total. The first kappa shape index (κ1) is 64.4. The van der Waals surface area contributed by atoms with E-state index >= 15 is 0 Å². The van der Waals surface area contributed by atoms with Crippen LogP contribution in [0.3, 0.4) is 0 Å². The Hall–Kier alpha value is -8.72. The summed E-state index contributed by atoms with van der Waals surface area (Å²) in [5.41, 5.74) is 19.2. The van der Waals surface area contributed by atoms with Crippen molar-refractivity contribution in [3.8, 4) is 40.5 Å². The molecule has 4 rings (SSSR count). The number of nitrogens with zero attached hydrogens (tertiary/aromatic N) is 4. The van der Waals surface area contributed by atoms with Crippen LogP contribution < -0.4 is 32.6 Å². The third kappa shape index (κ3) is 21.6. The summed E-state index contributed by atoms with van der Waals surface area (Å²) >= 11 is 7.13. The number of carboxylic acid groups (broad SMARTS) is 4. The van der Waals surface area contributed by atoms with Crippen molar-refractivity contribution in [2.45, 2.75) is 80.1 Å². The minimum atomic E-state index is -5.08. The lowest BCUT2D eigenvalue weighted by molar-refractivity contribution is -0.193. The smallest absolute Gasteiger partial charge is 0.490 e. The summed E-state index contributed by atoms with van der Waals surface area (Å²) in [6, 6.07) is 11.5. The summed E-state index contributed by atoms with van der Waals surface area (Å²) in [7, 11) is 0. The van der Waals surface area contributed by atoms with Crippen molar-refractivity contribution in [2.75, 3.05) is 18.9 Å². The fourth-order valence-corrected chi connectivity index (χ4v) is 6.34. The topological polar surface area (TPSA) is 434 Å². The van der Waals surface area contributed by atoms with Crippen molar-refractivity contribution < 1.29 is 104 Å². The molecular weight excluding hydrogens is 1090 g/mol. The summed E-state index contributed by atoms with van der Waals surface area (Å²) in [6.45, 7) is 1.38. The Balaban J connectivity index is 0.00000127. The molecule has 0 fully saturated rings. The van der Waals surface area contributed by atoms with Gasteiger partial charge in [0.05, 0.1) is 36.2 Å². The number of hydrogen-bond donors (Lipinski definition) is 9. The average Bonchev–Trinajstić information content (AvgIpc) is 3.82. The molecule has 0 unspecified atom stereocenters. The van der Waals surface area contributed by atoms with Crippen LogP contribution in [0.1, 0.15) is 43.5 Å². The molecule has 2 heterocycles. The molecule has 414 valence electrons. The molecule has 0 radical (unpaired) electrons. The molecule has 2 aromatic carbocycles. The molecule has 5 atom stereocenters. The average molecular weight is 1130 g/mol. The number of anilines is 1. The highest BCUT2D eigenvalue weighted by Gasteiger charge is 2.39. The number of benzene rings is 2. The largest absolute Gasteiger partial charge is 0.490 e. The number of nitriles is 2. The van der Waals surface area contributed by atoms with Gasteiger partial charge in [-0.15, -0.1) is 0 Å². The first-order chi connectivity index (χ1) is 35.8. The Bertz CT molecular complexity index is 2840. The first-order valence-corrected chi connectivity index (χ1v) is 22.4. The molecule has 0 bridgehead atoms. The van der Waals surface area contributed by atoms with Crippen molar-refractivity contribution in [1.29, 1.82) is 10.5 Å². The Labute approximate surface area is 438 Å². The lowest BCUT2D eigenvalue weighted by atomic mass is 9.97. The zero-order valence-electron chi connectivity index (χ0n) is 39.4. The fourth-order valence-electron chi connectivity index (χ4n) is 5.34. The van der Waals surface area contributed by atoms with Crippen molar-refractivity contribution in [3.63, 3.8) is 0 Å². The number of carbonyl (C=O) groups excluding carboxylic acids is 4. The van der Waals surface area contributed by atoms with Crippen molar-refractivity contribution in [1.82, 2.24) is 20.6 Å². The van der Waals surface area contributed by atoms with Crippen LogP contribution in [0.2, 0.25) is 5.02 Å². The molecule has 0 saturated carbocycles. The maximum atomic E-state index is 13.0. The lowest BCUT2D eigenvalue weighted by Gasteiger charge is -2.23. The zero-order valence-corrected chi connectivity index (χ0v) is 41.0. The summed E-state index contributed by atoms with van der Waals surface area (Å²) in [5, 5.41) is 57.6. The van der Waals surface area contributed by atoms with Gasteiger partial charge in [0.15, 0.2) is 6.10 Å². The number of nitrogens with one attached hydrogen (secondary N) is 2. The molecule has 0 spiro atoms. The second-order valence-electron chi connectivity index (χ2n) is 15.1. The fraction of sp³-hybridized carbons (Fsp3) is 0.318. The number of alkyl halides is 6. The van der Waals surface area contributed by atoms with Gasteiger partial charge in [-0.25, -0.2) is 29.1 Å². The Morgan fingerprint density at radius 3 is 1.66 bits per heavy atom. The molecule has 12 N–H and O–H groups in total. The van der Waals surface area contributed by atoms with Crippen molar-refractivity contribution in [3.05, 3.63) is 76.6 Å². The predicted molar refractivity (Wildman–Crippen MR) is 249 cm³/mol. The third-order valence-electron chi connectivity index (χ3n) is 9.06. The van der Waals surface area contributed by atoms with Crippen molar-refractivity contribution >= 4 is 76.8 Å². The second-order valence-corrected chi connectivity index (χ2v) is 16.5. The number of nitrogen functional groups attached to an aromatic ring is 1. The number of hydrogen-bond acceptors (Lipinski definition) is 20. The highest BCUT2D eigenvalue weighted by atomic mass is 35.5. The van der Waals surface area contributed by atoms with Gasteiger partial charge in [-0.3, -0.25) is 19.2 Å². The molecule has 2 aromatic heterocycles. The number of pyridine rings is 1. The molecule has 0 aliphatic heterocycles. The highest BCUT2D eigenvalue weighted by Crippen LogP contribution is 2.37. The number of ether oxygens (including phenoxy) is 3. The Kier molecular flexibility index (Phi) is 24.6. The molecule has 77 heavy (non-hydrogen) atoms. The molecule has 0 aliphatic rings. The van der Waals surface area contributed by atoms with Crippen molar-refractivity contribution in [2.24, 2.45) is 11.5 Å². The summed E-state index contributed by atoms with van der Waals surface area (Å²) < 4.78 is 85.6. The van der Waals surface area contributed by atoms with E-state index in [0.717, 1.165) is 11.8 Å². The van der Waals surface area contributed by atoms with Crippen LogP contribution in [0, 0.1) is 22.7 Å². The van der Waals surface area contributed by atoms with Gasteiger partial charge in [0.25, 0.3) is 0 Å². The maximum Gasteiger partial charge on any atom is 0.490 e. The third-order valence-corrected chi connectivity index (χ3v) is 10.3. The standard InChI is InChI=1S/C40H40ClN9O12S.2C2HF3O2/c1-19(47-35(55)29(44)11-31(51)52)39(57)61-17-26(62-40(58)20(2)48-36(56)30(45)12-32(53)54)16-59-25-9-5-21(6-10-25)33-27(13-42)34(46)50-38(28(33)14-43)63-18-24-15-60-37(49-24)22-3-7-23(41)8-4-22;2*3-2(4,5)1(6)7/h3-10,15,19-20,26,29-30H,11-12,16-18,44-45H2,1-2H3,(H2,46,50)(H,47,55)(H,48,56)(H,51,52)(H,53,54);2*(H,6,7)/t19-,20-,26-,29-,30-;;/m0../s1. The number of thioether (sulfide) groups is 1. The van der Waals surface area contributed by atoms with Gasteiger partial charge in [0, 0.05) is 21.9 Å². The molecule has 2 amide bonds. The number of aliphatic carboxylic acids is 4. The van der Waals surface area contributed by atoms with Crippen LogP contribution in [0.4, 0.5) is 32.2 Å². The van der Waals surface area contributed by atoms with Gasteiger partial charge in [-0.1, -0.05) is 35.5 Å². The van der Waals surface area contributed by atoms with Gasteiger partial charge in [0.2, 0.25) is 17.7 Å². The first-order valence-electron chi connectivity index (χ1n) is 21.0. The van der Waals surface area contributed by atoms with Gasteiger partial charge < -0.3 is 66.9 Å². The number of rotatable bonds is 21. The van der Waals surface area contributed by atoms with Gasteiger partial charge >= 0.3 is 48.2 Å². The zero-order chi connectivity index (χ0) is 58.5. The number of carboxylic acids is 4. The van der Waals surface area contributed by atoms with E-state index in [1.165, 1.54) is 44.4 Å². The van der Waals surface area contributed by atoms with E-state index in [1.54, 1.807) is 24.3 Å². The number of carbonyl (C=O) groups is 8. The molecule has 0 saturated heterocycles. The number of halogens is 7. The summed E-state index contributed by atoms with van der Waals surface area (Å²) in [6.07, 6.45) is -11.5. The summed E-state index contributed by atoms with van der Waals surface area (Å²) in [4.78, 5) is 98.8. The Morgan fingerprint density at radius 1 is 0.740 bits per heavy atom. The Morgan fingerprint density at radius 2 is 1.21 bits per heavy atom. The minimum Gasteiger partial charge on any atom is -0.490 e. The normalized spacial score (nSPS) is 12.8. The van der Waals surface area contributed by atoms with E-state index in [-0.39, 0.29) is 39.0 Å².